The van der Waals surface area contributed by atoms with E-state index < -0.39 is 0 Å². The standard InChI is InChI=1S/C18H17ClO/c19-13-7-6-12-17-18(14-8-2-1-3-9-14)15-10-4-5-11-16(15)20-17/h1-5,8-11H,6-7,12-13H2. The topological polar surface area (TPSA) is 13.1 Å². The maximum Gasteiger partial charge on any atom is 0.134 e. The number of hydrogen-bond donors (Lipinski definition) is 0. The third-order valence-corrected chi connectivity index (χ3v) is 3.79. The van der Waals surface area contributed by atoms with Gasteiger partial charge in [-0.25, -0.2) is 0 Å². The first-order valence-corrected chi connectivity index (χ1v) is 7.55. The van der Waals surface area contributed by atoms with Crippen molar-refractivity contribution >= 4 is 22.6 Å². The van der Waals surface area contributed by atoms with Gasteiger partial charge in [-0.15, -0.1) is 11.6 Å². The summed E-state index contributed by atoms with van der Waals surface area (Å²) in [6, 6.07) is 18.7. The summed E-state index contributed by atoms with van der Waals surface area (Å²) in [5.74, 6) is 1.78. The van der Waals surface area contributed by atoms with Gasteiger partial charge in [0.25, 0.3) is 0 Å². The summed E-state index contributed by atoms with van der Waals surface area (Å²) in [4.78, 5) is 0. The van der Waals surface area contributed by atoms with E-state index >= 15 is 0 Å². The van der Waals surface area contributed by atoms with Crippen LogP contribution in [0.1, 0.15) is 18.6 Å². The average molecular weight is 285 g/mol. The number of benzene rings is 2. The quantitative estimate of drug-likeness (QED) is 0.435. The molecule has 1 aromatic heterocycles. The van der Waals surface area contributed by atoms with E-state index in [-0.39, 0.29) is 0 Å². The van der Waals surface area contributed by atoms with Crippen LogP contribution in [0.25, 0.3) is 22.1 Å². The Morgan fingerprint density at radius 1 is 0.850 bits per heavy atom. The fourth-order valence-corrected chi connectivity index (χ4v) is 2.76. The molecule has 1 nitrogen and oxygen atoms in total. The van der Waals surface area contributed by atoms with Crippen molar-refractivity contribution in [3.05, 3.63) is 60.4 Å². The van der Waals surface area contributed by atoms with Crippen LogP contribution in [0.3, 0.4) is 0 Å². The van der Waals surface area contributed by atoms with Gasteiger partial charge in [0.15, 0.2) is 0 Å². The molecule has 1 heterocycles. The highest BCUT2D eigenvalue weighted by Crippen LogP contribution is 2.35. The van der Waals surface area contributed by atoms with Crippen LogP contribution in [0.15, 0.2) is 59.0 Å². The summed E-state index contributed by atoms with van der Waals surface area (Å²) >= 11 is 5.77. The zero-order chi connectivity index (χ0) is 13.8. The molecular formula is C18H17ClO. The van der Waals surface area contributed by atoms with E-state index in [9.17, 15) is 0 Å². The first kappa shape index (κ1) is 13.3. The number of fused-ring (bicyclic) bond motifs is 1. The average Bonchev–Trinajstić information content (AvgIpc) is 2.86. The maximum atomic E-state index is 6.06. The van der Waals surface area contributed by atoms with Gasteiger partial charge < -0.3 is 4.42 Å². The van der Waals surface area contributed by atoms with Crippen LogP contribution >= 0.6 is 11.6 Å². The van der Waals surface area contributed by atoms with Crippen molar-refractivity contribution < 1.29 is 4.42 Å². The Balaban J connectivity index is 2.09. The van der Waals surface area contributed by atoms with E-state index in [2.05, 4.69) is 36.4 Å². The van der Waals surface area contributed by atoms with Crippen molar-refractivity contribution in [1.29, 1.82) is 0 Å². The summed E-state index contributed by atoms with van der Waals surface area (Å²) in [7, 11) is 0. The van der Waals surface area contributed by atoms with Crippen molar-refractivity contribution in [3.63, 3.8) is 0 Å². The van der Waals surface area contributed by atoms with Gasteiger partial charge in [0, 0.05) is 23.3 Å². The smallest absolute Gasteiger partial charge is 0.134 e. The normalized spacial score (nSPS) is 11.1. The maximum absolute atomic E-state index is 6.06. The largest absolute Gasteiger partial charge is 0.460 e. The van der Waals surface area contributed by atoms with E-state index in [0.717, 1.165) is 30.6 Å². The molecule has 0 atom stereocenters. The SMILES string of the molecule is ClCCCCc1oc2ccccc2c1-c1ccccc1. The molecule has 0 aliphatic rings. The minimum atomic E-state index is 0.709. The molecule has 0 aliphatic carbocycles. The highest BCUT2D eigenvalue weighted by molar-refractivity contribution is 6.17. The Bertz CT molecular complexity index is 685. The molecular weight excluding hydrogens is 268 g/mol. The van der Waals surface area contributed by atoms with Gasteiger partial charge in [0.2, 0.25) is 0 Å². The zero-order valence-electron chi connectivity index (χ0n) is 11.3. The van der Waals surface area contributed by atoms with Crippen molar-refractivity contribution in [3.8, 4) is 11.1 Å². The number of furan rings is 1. The van der Waals surface area contributed by atoms with Crippen LogP contribution in [0.2, 0.25) is 0 Å². The first-order chi connectivity index (χ1) is 9.90. The van der Waals surface area contributed by atoms with Crippen LogP contribution in [0.5, 0.6) is 0 Å². The van der Waals surface area contributed by atoms with Gasteiger partial charge in [-0.2, -0.15) is 0 Å². The molecule has 102 valence electrons. The number of hydrogen-bond acceptors (Lipinski definition) is 1. The van der Waals surface area contributed by atoms with Crippen molar-refractivity contribution in [1.82, 2.24) is 0 Å². The molecule has 0 radical (unpaired) electrons. The Morgan fingerprint density at radius 3 is 2.40 bits per heavy atom. The van der Waals surface area contributed by atoms with Gasteiger partial charge in [-0.1, -0.05) is 48.5 Å². The molecule has 3 rings (SSSR count). The van der Waals surface area contributed by atoms with E-state index in [1.54, 1.807) is 0 Å². The minimum absolute atomic E-state index is 0.709. The lowest BCUT2D eigenvalue weighted by Gasteiger charge is -2.03. The molecule has 0 amide bonds. The minimum Gasteiger partial charge on any atom is -0.460 e. The molecule has 0 spiro atoms. The molecule has 0 fully saturated rings. The molecule has 0 unspecified atom stereocenters. The second-order valence-corrected chi connectivity index (χ2v) is 5.29. The Labute approximate surface area is 124 Å². The van der Waals surface area contributed by atoms with Crippen LogP contribution in [0.4, 0.5) is 0 Å². The van der Waals surface area contributed by atoms with Crippen LogP contribution in [-0.4, -0.2) is 5.88 Å². The number of rotatable bonds is 5. The fraction of sp³-hybridized carbons (Fsp3) is 0.222. The van der Waals surface area contributed by atoms with E-state index in [4.69, 9.17) is 16.0 Å². The summed E-state index contributed by atoms with van der Waals surface area (Å²) in [5, 5.41) is 1.19. The van der Waals surface area contributed by atoms with Crippen molar-refractivity contribution in [2.24, 2.45) is 0 Å². The first-order valence-electron chi connectivity index (χ1n) is 7.02. The Kier molecular flexibility index (Phi) is 4.08. The molecule has 2 aromatic carbocycles. The molecule has 0 bridgehead atoms. The highest BCUT2D eigenvalue weighted by Gasteiger charge is 2.14. The van der Waals surface area contributed by atoms with Crippen LogP contribution < -0.4 is 0 Å². The van der Waals surface area contributed by atoms with Crippen LogP contribution in [-0.2, 0) is 6.42 Å². The lowest BCUT2D eigenvalue weighted by atomic mass is 10.00. The molecule has 0 N–H and O–H groups in total. The lowest BCUT2D eigenvalue weighted by Crippen LogP contribution is -1.87. The molecule has 0 saturated carbocycles. The molecule has 0 saturated heterocycles. The van der Waals surface area contributed by atoms with E-state index in [1.165, 1.54) is 16.5 Å². The Morgan fingerprint density at radius 2 is 1.60 bits per heavy atom. The number of para-hydroxylation sites is 1. The highest BCUT2D eigenvalue weighted by atomic mass is 35.5. The van der Waals surface area contributed by atoms with Gasteiger partial charge in [0.1, 0.15) is 11.3 Å². The summed E-state index contributed by atoms with van der Waals surface area (Å²) in [6.07, 6.45) is 3.02. The summed E-state index contributed by atoms with van der Waals surface area (Å²) < 4.78 is 6.06. The second-order valence-electron chi connectivity index (χ2n) is 4.91. The Hall–Kier alpha value is -1.73. The summed E-state index contributed by atoms with van der Waals surface area (Å²) in [5.41, 5.74) is 3.42. The van der Waals surface area contributed by atoms with Crippen molar-refractivity contribution in [2.75, 3.05) is 5.88 Å². The monoisotopic (exact) mass is 284 g/mol. The van der Waals surface area contributed by atoms with Gasteiger partial charge in [-0.05, 0) is 24.5 Å². The zero-order valence-corrected chi connectivity index (χ0v) is 12.1. The third-order valence-electron chi connectivity index (χ3n) is 3.52. The van der Waals surface area contributed by atoms with Crippen LogP contribution in [0, 0.1) is 0 Å². The number of halogens is 1. The van der Waals surface area contributed by atoms with E-state index in [1.807, 2.05) is 18.2 Å². The summed E-state index contributed by atoms with van der Waals surface area (Å²) in [6.45, 7) is 0. The molecule has 2 heteroatoms. The van der Waals surface area contributed by atoms with Gasteiger partial charge in [-0.3, -0.25) is 0 Å². The number of unbranched alkanes of at least 4 members (excludes halogenated alkanes) is 1. The number of alkyl halides is 1. The van der Waals surface area contributed by atoms with E-state index in [0.29, 0.717) is 5.88 Å². The number of aryl methyl sites for hydroxylation is 1. The van der Waals surface area contributed by atoms with Gasteiger partial charge >= 0.3 is 0 Å². The predicted octanol–water partition coefficient (Wildman–Crippen LogP) is 5.66. The molecule has 0 aliphatic heterocycles. The molecule has 20 heavy (non-hydrogen) atoms. The fourth-order valence-electron chi connectivity index (χ4n) is 2.57. The second kappa shape index (κ2) is 6.15. The lowest BCUT2D eigenvalue weighted by molar-refractivity contribution is 0.539. The third kappa shape index (κ3) is 2.59. The molecule has 3 aromatic rings. The predicted molar refractivity (Wildman–Crippen MR) is 85.3 cm³/mol. The van der Waals surface area contributed by atoms with Crippen molar-refractivity contribution in [2.45, 2.75) is 19.3 Å². The van der Waals surface area contributed by atoms with Gasteiger partial charge in [0.05, 0.1) is 0 Å².